The molecule has 1 aromatic carbocycles. The van der Waals surface area contributed by atoms with Crippen molar-refractivity contribution >= 4 is 35.5 Å². The average molecular weight is 517 g/mol. The van der Waals surface area contributed by atoms with E-state index >= 15 is 0 Å². The molecule has 0 saturated carbocycles. The number of carbonyl (C=O) groups excluding carboxylic acids is 2. The van der Waals surface area contributed by atoms with Crippen molar-refractivity contribution in [2.75, 3.05) is 24.0 Å². The third-order valence-corrected chi connectivity index (χ3v) is 6.29. The number of carboxylic acids is 2. The average Bonchev–Trinajstić information content (AvgIpc) is 2.68. The summed E-state index contributed by atoms with van der Waals surface area (Å²) >= 11 is 3.11. The van der Waals surface area contributed by atoms with Gasteiger partial charge in [0.1, 0.15) is 5.75 Å². The number of hydrogen-bond donors (Lipinski definition) is 3. The van der Waals surface area contributed by atoms with Gasteiger partial charge in [-0.05, 0) is 47.8 Å². The maximum atomic E-state index is 11.4. The first-order valence-electron chi connectivity index (χ1n) is 10.2. The first-order valence-corrected chi connectivity index (χ1v) is 13.0. The largest absolute Gasteiger partial charge is 1.00 e. The van der Waals surface area contributed by atoms with E-state index in [1.54, 1.807) is 23.5 Å². The number of hydrogen-bond acceptors (Lipinski definition) is 9. The van der Waals surface area contributed by atoms with Crippen LogP contribution in [0, 0.1) is 0 Å². The van der Waals surface area contributed by atoms with Gasteiger partial charge < -0.3 is 35.5 Å². The summed E-state index contributed by atoms with van der Waals surface area (Å²) in [5.74, 6) is -0.969. The minimum atomic E-state index is -1.17. The summed E-state index contributed by atoms with van der Waals surface area (Å²) in [6, 6.07) is 2.08. The van der Waals surface area contributed by atoms with Gasteiger partial charge in [0.25, 0.3) is 0 Å². The Balaban J connectivity index is 0. The summed E-state index contributed by atoms with van der Waals surface area (Å²) < 4.78 is 0. The van der Waals surface area contributed by atoms with Crippen LogP contribution < -0.4 is 80.0 Å². The standard InChI is InChI=1S/C22H36N2O5S2.2Na/c1-22(2,3)16-10-14(12-23-17(20(26)27)6-8-30-4)19(25)15(11-16)13-24-18(21(28)29)7-9-31-5;;/h10-11,17-18,23-25H,6-9,12-13H2,1-5H3,(H,26,27)(H,28,29);;/q;2*+1/p-2/t17-,18-;;/m0../s1. The monoisotopic (exact) mass is 516 g/mol. The fraction of sp³-hybridized carbons (Fsp3) is 0.636. The molecular formula is C22H34N2Na2O5S2. The van der Waals surface area contributed by atoms with Crippen LogP contribution >= 0.6 is 23.5 Å². The van der Waals surface area contributed by atoms with Crippen molar-refractivity contribution in [3.63, 3.8) is 0 Å². The van der Waals surface area contributed by atoms with E-state index in [2.05, 4.69) is 10.6 Å². The molecule has 1 aromatic rings. The molecule has 7 nitrogen and oxygen atoms in total. The van der Waals surface area contributed by atoms with E-state index in [9.17, 15) is 24.9 Å². The molecule has 0 unspecified atom stereocenters. The van der Waals surface area contributed by atoms with E-state index < -0.39 is 24.0 Å². The number of phenols is 1. The van der Waals surface area contributed by atoms with E-state index in [1.165, 1.54) is 0 Å². The second kappa shape index (κ2) is 17.9. The maximum Gasteiger partial charge on any atom is 1.00 e. The quantitative estimate of drug-likeness (QED) is 0.208. The molecule has 0 aliphatic heterocycles. The minimum absolute atomic E-state index is 0. The predicted octanol–water partition coefficient (Wildman–Crippen LogP) is -5.38. The predicted molar refractivity (Wildman–Crippen MR) is 124 cm³/mol. The molecular weight excluding hydrogens is 482 g/mol. The molecule has 0 heterocycles. The molecule has 33 heavy (non-hydrogen) atoms. The van der Waals surface area contributed by atoms with Crippen LogP contribution in [0.1, 0.15) is 50.3 Å². The van der Waals surface area contributed by atoms with E-state index in [0.717, 1.165) is 5.56 Å². The summed E-state index contributed by atoms with van der Waals surface area (Å²) in [5.41, 5.74) is 1.88. The van der Waals surface area contributed by atoms with Crippen molar-refractivity contribution in [3.05, 3.63) is 28.8 Å². The summed E-state index contributed by atoms with van der Waals surface area (Å²) in [5, 5.41) is 39.6. The van der Waals surface area contributed by atoms with Crippen LogP contribution in [0.2, 0.25) is 0 Å². The van der Waals surface area contributed by atoms with Gasteiger partial charge in [0.05, 0.1) is 11.9 Å². The molecule has 0 aliphatic carbocycles. The Morgan fingerprint density at radius 2 is 1.27 bits per heavy atom. The van der Waals surface area contributed by atoms with Crippen molar-refractivity contribution in [2.24, 2.45) is 0 Å². The molecule has 0 amide bonds. The first kappa shape index (κ1) is 35.7. The molecule has 2 atom stereocenters. The van der Waals surface area contributed by atoms with Crippen LogP contribution in [0.15, 0.2) is 12.1 Å². The van der Waals surface area contributed by atoms with Gasteiger partial charge in [-0.1, -0.05) is 32.9 Å². The topological polar surface area (TPSA) is 125 Å². The molecule has 0 bridgehead atoms. The van der Waals surface area contributed by atoms with Gasteiger partial charge in [-0.15, -0.1) is 0 Å². The third-order valence-electron chi connectivity index (χ3n) is 5.00. The first-order chi connectivity index (χ1) is 14.5. The molecule has 0 spiro atoms. The van der Waals surface area contributed by atoms with Crippen LogP contribution in [0.5, 0.6) is 5.75 Å². The Bertz CT molecular complexity index is 697. The van der Waals surface area contributed by atoms with Crippen molar-refractivity contribution < 1.29 is 84.0 Å². The summed E-state index contributed by atoms with van der Waals surface area (Å²) in [7, 11) is 0. The molecule has 0 aromatic heterocycles. The smallest absolute Gasteiger partial charge is 0.548 e. The minimum Gasteiger partial charge on any atom is -0.548 e. The zero-order valence-electron chi connectivity index (χ0n) is 20.9. The molecule has 0 radical (unpaired) electrons. The summed E-state index contributed by atoms with van der Waals surface area (Å²) in [4.78, 5) is 22.8. The van der Waals surface area contributed by atoms with Gasteiger partial charge >= 0.3 is 59.1 Å². The van der Waals surface area contributed by atoms with Crippen molar-refractivity contribution in [1.29, 1.82) is 0 Å². The van der Waals surface area contributed by atoms with E-state index in [4.69, 9.17) is 0 Å². The number of rotatable bonds is 14. The SMILES string of the molecule is CSCC[C@H](NCc1cc(C(C)(C)C)cc(CN[C@@H](CCSC)C(=O)[O-])c1O)C(=O)[O-].[Na+].[Na+]. The second-order valence-corrected chi connectivity index (χ2v) is 10.4. The van der Waals surface area contributed by atoms with Gasteiger partial charge in [0.15, 0.2) is 0 Å². The summed E-state index contributed by atoms with van der Waals surface area (Å²) in [6.45, 7) is 6.44. The fourth-order valence-corrected chi connectivity index (χ4v) is 3.95. The van der Waals surface area contributed by atoms with Gasteiger partial charge in [-0.2, -0.15) is 23.5 Å². The van der Waals surface area contributed by atoms with E-state index in [1.807, 2.05) is 45.4 Å². The number of aromatic hydroxyl groups is 1. The fourth-order valence-electron chi connectivity index (χ4n) is 3.01. The number of aliphatic carboxylic acids is 2. The zero-order chi connectivity index (χ0) is 23.6. The summed E-state index contributed by atoms with van der Waals surface area (Å²) in [6.07, 6.45) is 4.65. The number of thioether (sulfide) groups is 2. The number of carbonyl (C=O) groups is 2. The van der Waals surface area contributed by atoms with E-state index in [0.29, 0.717) is 35.5 Å². The number of carboxylic acid groups (broad SMARTS) is 2. The molecule has 11 heteroatoms. The maximum absolute atomic E-state index is 11.4. The van der Waals surface area contributed by atoms with Crippen molar-refractivity contribution in [3.8, 4) is 5.75 Å². The second-order valence-electron chi connectivity index (χ2n) is 8.46. The van der Waals surface area contributed by atoms with Gasteiger partial charge in [-0.25, -0.2) is 0 Å². The Hall–Kier alpha value is 0.580. The zero-order valence-corrected chi connectivity index (χ0v) is 26.6. The normalized spacial score (nSPS) is 12.9. The Kier molecular flexibility index (Phi) is 19.4. The number of phenolic OH excluding ortho intramolecular Hbond substituents is 1. The van der Waals surface area contributed by atoms with Crippen LogP contribution in [0.3, 0.4) is 0 Å². The number of benzene rings is 1. The Morgan fingerprint density at radius 3 is 1.55 bits per heavy atom. The van der Waals surface area contributed by atoms with Crippen LogP contribution in [-0.2, 0) is 28.1 Å². The van der Waals surface area contributed by atoms with Gasteiger partial charge in [0, 0.05) is 36.3 Å². The van der Waals surface area contributed by atoms with Crippen molar-refractivity contribution in [1.82, 2.24) is 10.6 Å². The van der Waals surface area contributed by atoms with Crippen LogP contribution in [0.4, 0.5) is 0 Å². The van der Waals surface area contributed by atoms with Gasteiger partial charge in [-0.3, -0.25) is 0 Å². The number of nitrogens with one attached hydrogen (secondary N) is 2. The molecule has 0 saturated heterocycles. The van der Waals surface area contributed by atoms with Crippen LogP contribution in [0.25, 0.3) is 0 Å². The molecule has 1 rings (SSSR count). The Morgan fingerprint density at radius 1 is 0.909 bits per heavy atom. The molecule has 0 fully saturated rings. The van der Waals surface area contributed by atoms with Crippen LogP contribution in [-0.4, -0.2) is 53.1 Å². The Labute approximate surface area is 250 Å². The van der Waals surface area contributed by atoms with Crippen molar-refractivity contribution in [2.45, 2.75) is 64.2 Å². The molecule has 3 N–H and O–H groups in total. The third kappa shape index (κ3) is 12.9. The van der Waals surface area contributed by atoms with Gasteiger partial charge in [0.2, 0.25) is 0 Å². The molecule has 0 aliphatic rings. The molecule has 176 valence electrons. The van der Waals surface area contributed by atoms with E-state index in [-0.39, 0.29) is 83.4 Å².